The first-order valence-corrected chi connectivity index (χ1v) is 9.57. The molecule has 6 nitrogen and oxygen atoms in total. The second kappa shape index (κ2) is 7.02. The van der Waals surface area contributed by atoms with Crippen molar-refractivity contribution in [2.24, 2.45) is 0 Å². The molecule has 2 aliphatic heterocycles. The molecule has 0 spiro atoms. The highest BCUT2D eigenvalue weighted by atomic mass is 15.3. The second-order valence-electron chi connectivity index (χ2n) is 7.54. The van der Waals surface area contributed by atoms with Gasteiger partial charge in [-0.25, -0.2) is 4.98 Å². The fraction of sp³-hybridized carbons (Fsp3) is 0.632. The highest BCUT2D eigenvalue weighted by Gasteiger charge is 2.26. The number of aromatic nitrogens is 4. The summed E-state index contributed by atoms with van der Waals surface area (Å²) in [5.74, 6) is 2.68. The fourth-order valence-electron chi connectivity index (χ4n) is 4.12. The summed E-state index contributed by atoms with van der Waals surface area (Å²) < 4.78 is 2.31. The van der Waals surface area contributed by atoms with E-state index >= 15 is 0 Å². The molecular weight excluding hydrogens is 312 g/mol. The molecule has 4 rings (SSSR count). The van der Waals surface area contributed by atoms with Crippen LogP contribution in [0.5, 0.6) is 0 Å². The number of anilines is 2. The minimum absolute atomic E-state index is 0.450. The van der Waals surface area contributed by atoms with Crippen LogP contribution >= 0.6 is 0 Å². The Bertz CT molecular complexity index is 703. The van der Waals surface area contributed by atoms with E-state index in [0.29, 0.717) is 12.0 Å². The van der Waals surface area contributed by atoms with Crippen LogP contribution in [0.15, 0.2) is 24.7 Å². The van der Waals surface area contributed by atoms with Gasteiger partial charge in [-0.05, 0) is 39.5 Å². The van der Waals surface area contributed by atoms with Crippen molar-refractivity contribution in [3.8, 4) is 0 Å². The van der Waals surface area contributed by atoms with Gasteiger partial charge in [-0.1, -0.05) is 0 Å². The molecule has 0 radical (unpaired) electrons. The maximum Gasteiger partial charge on any atom is 0.153 e. The van der Waals surface area contributed by atoms with Gasteiger partial charge in [0.25, 0.3) is 0 Å². The molecule has 0 N–H and O–H groups in total. The van der Waals surface area contributed by atoms with Crippen LogP contribution in [0.25, 0.3) is 0 Å². The highest BCUT2D eigenvalue weighted by Crippen LogP contribution is 2.31. The van der Waals surface area contributed by atoms with Crippen LogP contribution in [-0.4, -0.2) is 45.9 Å². The lowest BCUT2D eigenvalue weighted by atomic mass is 9.97. The number of hydrogen-bond acceptors (Lipinski definition) is 5. The Kier molecular flexibility index (Phi) is 4.59. The van der Waals surface area contributed by atoms with Gasteiger partial charge in [-0.3, -0.25) is 0 Å². The van der Waals surface area contributed by atoms with Crippen molar-refractivity contribution in [1.82, 2.24) is 19.7 Å². The van der Waals surface area contributed by atoms with Crippen molar-refractivity contribution >= 4 is 11.5 Å². The Morgan fingerprint density at radius 2 is 1.88 bits per heavy atom. The topological polar surface area (TPSA) is 50.1 Å². The first-order chi connectivity index (χ1) is 12.2. The van der Waals surface area contributed by atoms with Gasteiger partial charge >= 0.3 is 0 Å². The van der Waals surface area contributed by atoms with Crippen LogP contribution < -0.4 is 9.80 Å². The number of rotatable bonds is 4. The molecule has 0 bridgehead atoms. The molecule has 4 heterocycles. The largest absolute Gasteiger partial charge is 0.370 e. The first kappa shape index (κ1) is 16.4. The average Bonchev–Trinajstić information content (AvgIpc) is 3.34. The van der Waals surface area contributed by atoms with Gasteiger partial charge in [-0.15, -0.1) is 5.10 Å². The first-order valence-electron chi connectivity index (χ1n) is 9.57. The van der Waals surface area contributed by atoms with Gasteiger partial charge < -0.3 is 14.4 Å². The monoisotopic (exact) mass is 340 g/mol. The fourth-order valence-corrected chi connectivity index (χ4v) is 4.12. The van der Waals surface area contributed by atoms with Crippen LogP contribution in [0.3, 0.4) is 0 Å². The summed E-state index contributed by atoms with van der Waals surface area (Å²) in [5, 5.41) is 8.71. The van der Waals surface area contributed by atoms with Gasteiger partial charge in [0, 0.05) is 56.6 Å². The van der Waals surface area contributed by atoms with Crippen LogP contribution in [0.1, 0.15) is 57.3 Å². The molecule has 2 aromatic rings. The lowest BCUT2D eigenvalue weighted by molar-refractivity contribution is 0.453. The molecule has 25 heavy (non-hydrogen) atoms. The molecule has 2 saturated heterocycles. The molecule has 134 valence electrons. The van der Waals surface area contributed by atoms with E-state index in [1.807, 2.05) is 12.4 Å². The normalized spacial score (nSPS) is 21.3. The standard InChI is InChI=1S/C19H28N6/c1-15(2)25-11-7-20-19(25)16-6-5-10-24(14-16)18-12-17(13-21-22-18)23-8-3-4-9-23/h7,11-13,15-16H,3-6,8-10,14H2,1-2H3. The molecule has 2 aliphatic rings. The SMILES string of the molecule is CC(C)n1ccnc1C1CCCN(c2cc(N3CCCC3)cnn2)C1. The van der Waals surface area contributed by atoms with Gasteiger partial charge in [0.1, 0.15) is 5.82 Å². The Hall–Kier alpha value is -2.11. The predicted octanol–water partition coefficient (Wildman–Crippen LogP) is 3.24. The van der Waals surface area contributed by atoms with Crippen molar-refractivity contribution in [2.75, 3.05) is 36.0 Å². The summed E-state index contributed by atoms with van der Waals surface area (Å²) in [4.78, 5) is 9.47. The zero-order valence-corrected chi connectivity index (χ0v) is 15.3. The lowest BCUT2D eigenvalue weighted by Crippen LogP contribution is -2.36. The van der Waals surface area contributed by atoms with Crippen molar-refractivity contribution < 1.29 is 0 Å². The number of hydrogen-bond donors (Lipinski definition) is 0. The van der Waals surface area contributed by atoms with Crippen molar-refractivity contribution in [1.29, 1.82) is 0 Å². The average molecular weight is 340 g/mol. The molecule has 2 aromatic heterocycles. The summed E-state index contributed by atoms with van der Waals surface area (Å²) in [6, 6.07) is 2.67. The molecule has 1 atom stereocenters. The molecule has 0 saturated carbocycles. The van der Waals surface area contributed by atoms with E-state index in [-0.39, 0.29) is 0 Å². The van der Waals surface area contributed by atoms with E-state index < -0.39 is 0 Å². The van der Waals surface area contributed by atoms with Gasteiger partial charge in [0.2, 0.25) is 0 Å². The summed E-state index contributed by atoms with van der Waals surface area (Å²) >= 11 is 0. The minimum atomic E-state index is 0.450. The zero-order valence-electron chi connectivity index (χ0n) is 15.3. The molecule has 6 heteroatoms. The third-order valence-corrected chi connectivity index (χ3v) is 5.46. The summed E-state index contributed by atoms with van der Waals surface area (Å²) in [6.45, 7) is 8.74. The van der Waals surface area contributed by atoms with Crippen LogP contribution in [-0.2, 0) is 0 Å². The van der Waals surface area contributed by atoms with E-state index in [0.717, 1.165) is 32.0 Å². The lowest BCUT2D eigenvalue weighted by Gasteiger charge is -2.34. The molecular formula is C19H28N6. The van der Waals surface area contributed by atoms with E-state index in [2.05, 4.69) is 55.7 Å². The zero-order chi connectivity index (χ0) is 17.2. The molecule has 0 amide bonds. The van der Waals surface area contributed by atoms with Crippen molar-refractivity contribution in [3.63, 3.8) is 0 Å². The molecule has 2 fully saturated rings. The second-order valence-corrected chi connectivity index (χ2v) is 7.54. The number of imidazole rings is 1. The number of nitrogens with zero attached hydrogens (tertiary/aromatic N) is 6. The minimum Gasteiger partial charge on any atom is -0.370 e. The van der Waals surface area contributed by atoms with Crippen LogP contribution in [0, 0.1) is 0 Å². The third-order valence-electron chi connectivity index (χ3n) is 5.46. The predicted molar refractivity (Wildman–Crippen MR) is 100 cm³/mol. The smallest absolute Gasteiger partial charge is 0.153 e. The van der Waals surface area contributed by atoms with Crippen molar-refractivity contribution in [2.45, 2.75) is 51.5 Å². The van der Waals surface area contributed by atoms with Gasteiger partial charge in [0.05, 0.1) is 11.9 Å². The van der Waals surface area contributed by atoms with E-state index in [9.17, 15) is 0 Å². The maximum absolute atomic E-state index is 4.66. The van der Waals surface area contributed by atoms with Crippen LogP contribution in [0.4, 0.5) is 11.5 Å². The maximum atomic E-state index is 4.66. The molecule has 0 aromatic carbocycles. The van der Waals surface area contributed by atoms with Crippen LogP contribution in [0.2, 0.25) is 0 Å². The Morgan fingerprint density at radius 1 is 1.08 bits per heavy atom. The summed E-state index contributed by atoms with van der Waals surface area (Å²) in [5.41, 5.74) is 1.22. The Labute approximate surface area is 149 Å². The van der Waals surface area contributed by atoms with E-state index in [4.69, 9.17) is 0 Å². The Balaban J connectivity index is 1.53. The summed E-state index contributed by atoms with van der Waals surface area (Å²) in [6.07, 6.45) is 10.9. The third kappa shape index (κ3) is 3.34. The van der Waals surface area contributed by atoms with Crippen molar-refractivity contribution in [3.05, 3.63) is 30.5 Å². The molecule has 1 unspecified atom stereocenters. The molecule has 0 aliphatic carbocycles. The van der Waals surface area contributed by atoms with Gasteiger partial charge in [-0.2, -0.15) is 5.10 Å². The number of piperidine rings is 1. The summed E-state index contributed by atoms with van der Waals surface area (Å²) in [7, 11) is 0. The highest BCUT2D eigenvalue weighted by molar-refractivity contribution is 5.54. The van der Waals surface area contributed by atoms with E-state index in [1.54, 1.807) is 0 Å². The Morgan fingerprint density at radius 3 is 2.68 bits per heavy atom. The van der Waals surface area contributed by atoms with E-state index in [1.165, 1.54) is 37.2 Å². The van der Waals surface area contributed by atoms with Gasteiger partial charge in [0.15, 0.2) is 5.82 Å². The quantitative estimate of drug-likeness (QED) is 0.855.